The van der Waals surface area contributed by atoms with Crippen molar-refractivity contribution in [2.75, 3.05) is 0 Å². The van der Waals surface area contributed by atoms with E-state index < -0.39 is 0 Å². The van der Waals surface area contributed by atoms with Gasteiger partial charge in [0.25, 0.3) is 0 Å². The number of rotatable bonds is 9. The van der Waals surface area contributed by atoms with E-state index in [9.17, 15) is 0 Å². The van der Waals surface area contributed by atoms with E-state index in [0.717, 1.165) is 27.9 Å². The average molecular weight is 462 g/mol. The molecule has 0 saturated heterocycles. The molecular formula is C23H25Cl2N3OS. The molecule has 7 heteroatoms. The Morgan fingerprint density at radius 3 is 2.67 bits per heavy atom. The maximum absolute atomic E-state index is 6.30. The van der Waals surface area contributed by atoms with Crippen LogP contribution in [0.5, 0.6) is 5.75 Å². The molecule has 0 radical (unpaired) electrons. The lowest BCUT2D eigenvalue weighted by molar-refractivity contribution is 0.285. The van der Waals surface area contributed by atoms with Crippen molar-refractivity contribution in [1.82, 2.24) is 14.8 Å². The van der Waals surface area contributed by atoms with E-state index in [1.807, 2.05) is 22.8 Å². The number of benzene rings is 2. The predicted molar refractivity (Wildman–Crippen MR) is 126 cm³/mol. The number of aryl methyl sites for hydroxylation is 1. The largest absolute Gasteiger partial charge is 0.485 e. The molecule has 1 heterocycles. The molecule has 158 valence electrons. The lowest BCUT2D eigenvalue weighted by Gasteiger charge is -2.15. The lowest BCUT2D eigenvalue weighted by atomic mass is 10.0. The Hall–Kier alpha value is -1.95. The second kappa shape index (κ2) is 10.4. The Morgan fingerprint density at radius 2 is 1.97 bits per heavy atom. The van der Waals surface area contributed by atoms with Crippen molar-refractivity contribution in [3.8, 4) is 5.75 Å². The number of thioether (sulfide) groups is 1. The normalized spacial score (nSPS) is 11.1. The van der Waals surface area contributed by atoms with Gasteiger partial charge in [0.05, 0.1) is 0 Å². The van der Waals surface area contributed by atoms with Crippen molar-refractivity contribution in [2.45, 2.75) is 50.8 Å². The molecule has 3 aromatic rings. The van der Waals surface area contributed by atoms with Gasteiger partial charge < -0.3 is 4.74 Å². The van der Waals surface area contributed by atoms with E-state index in [1.165, 1.54) is 5.56 Å². The summed E-state index contributed by atoms with van der Waals surface area (Å²) in [5, 5.41) is 10.8. The summed E-state index contributed by atoms with van der Waals surface area (Å²) in [5.41, 5.74) is 3.35. The molecule has 0 saturated carbocycles. The van der Waals surface area contributed by atoms with Crippen molar-refractivity contribution in [2.24, 2.45) is 0 Å². The summed E-state index contributed by atoms with van der Waals surface area (Å²) in [5.74, 6) is 2.69. The van der Waals surface area contributed by atoms with Gasteiger partial charge in [-0.3, -0.25) is 4.57 Å². The highest BCUT2D eigenvalue weighted by Gasteiger charge is 2.15. The minimum Gasteiger partial charge on any atom is -0.485 e. The first-order valence-electron chi connectivity index (χ1n) is 9.72. The molecule has 4 nitrogen and oxygen atoms in total. The number of ether oxygens (including phenoxy) is 1. The molecule has 30 heavy (non-hydrogen) atoms. The van der Waals surface area contributed by atoms with Gasteiger partial charge in [-0.2, -0.15) is 0 Å². The minimum absolute atomic E-state index is 0.340. The van der Waals surface area contributed by atoms with E-state index in [2.05, 4.69) is 55.7 Å². The fraction of sp³-hybridized carbons (Fsp3) is 0.304. The molecule has 0 aliphatic rings. The van der Waals surface area contributed by atoms with Crippen LogP contribution in [-0.2, 0) is 18.9 Å². The van der Waals surface area contributed by atoms with Crippen molar-refractivity contribution >= 4 is 35.0 Å². The summed E-state index contributed by atoms with van der Waals surface area (Å²) in [6.07, 6.45) is 1.83. The second-order valence-electron chi connectivity index (χ2n) is 7.31. The fourth-order valence-electron chi connectivity index (χ4n) is 3.01. The fourth-order valence-corrected chi connectivity index (χ4v) is 4.54. The van der Waals surface area contributed by atoms with Gasteiger partial charge in [0, 0.05) is 22.3 Å². The van der Waals surface area contributed by atoms with E-state index in [4.69, 9.17) is 27.9 Å². The number of allylic oxidation sites excluding steroid dienone is 1. The predicted octanol–water partition coefficient (Wildman–Crippen LogP) is 7.07. The summed E-state index contributed by atoms with van der Waals surface area (Å²) in [6, 6.07) is 11.8. The number of nitrogens with zero attached hydrogens (tertiary/aromatic N) is 3. The molecule has 0 N–H and O–H groups in total. The Kier molecular flexibility index (Phi) is 7.87. The van der Waals surface area contributed by atoms with Crippen LogP contribution >= 0.6 is 35.0 Å². The van der Waals surface area contributed by atoms with Gasteiger partial charge in [0.1, 0.15) is 12.4 Å². The molecule has 0 atom stereocenters. The first-order chi connectivity index (χ1) is 14.4. The Labute approximate surface area is 192 Å². The third-order valence-electron chi connectivity index (χ3n) is 4.62. The monoisotopic (exact) mass is 461 g/mol. The number of aromatic nitrogens is 3. The smallest absolute Gasteiger partial charge is 0.191 e. The molecular weight excluding hydrogens is 437 g/mol. The van der Waals surface area contributed by atoms with E-state index >= 15 is 0 Å². The molecule has 0 aliphatic heterocycles. The maximum Gasteiger partial charge on any atom is 0.191 e. The standard InChI is InChI=1S/C23H25Cl2N3OS/c1-5-10-28-22(13-29-21-11-16(4)6-9-19(21)15(2)3)26-27-23(28)30-14-17-7-8-18(24)12-20(17)25/h5-9,11-12,15H,1,10,13-14H2,2-4H3. The van der Waals surface area contributed by atoms with Gasteiger partial charge in [0.2, 0.25) is 0 Å². The third-order valence-corrected chi connectivity index (χ3v) is 6.23. The van der Waals surface area contributed by atoms with Crippen LogP contribution in [-0.4, -0.2) is 14.8 Å². The molecule has 0 unspecified atom stereocenters. The van der Waals surface area contributed by atoms with Crippen LogP contribution in [0.1, 0.15) is 42.3 Å². The first kappa shape index (κ1) is 22.7. The van der Waals surface area contributed by atoms with E-state index in [1.54, 1.807) is 17.8 Å². The van der Waals surface area contributed by atoms with Gasteiger partial charge in [-0.1, -0.05) is 73.1 Å². The second-order valence-corrected chi connectivity index (χ2v) is 9.09. The van der Waals surface area contributed by atoms with Crippen LogP contribution < -0.4 is 4.74 Å². The highest BCUT2D eigenvalue weighted by molar-refractivity contribution is 7.98. The van der Waals surface area contributed by atoms with Crippen LogP contribution in [0.15, 0.2) is 54.2 Å². The van der Waals surface area contributed by atoms with Gasteiger partial charge >= 0.3 is 0 Å². The maximum atomic E-state index is 6.30. The molecule has 3 rings (SSSR count). The third kappa shape index (κ3) is 5.60. The van der Waals surface area contributed by atoms with Crippen molar-refractivity contribution < 1.29 is 4.74 Å². The Balaban J connectivity index is 1.76. The Morgan fingerprint density at radius 1 is 1.17 bits per heavy atom. The summed E-state index contributed by atoms with van der Waals surface area (Å²) < 4.78 is 8.18. The van der Waals surface area contributed by atoms with Crippen molar-refractivity contribution in [3.63, 3.8) is 0 Å². The van der Waals surface area contributed by atoms with E-state index in [0.29, 0.717) is 34.9 Å². The number of hydrogen-bond donors (Lipinski definition) is 0. The van der Waals surface area contributed by atoms with Gasteiger partial charge in [-0.15, -0.1) is 16.8 Å². The number of halogens is 2. The zero-order chi connectivity index (χ0) is 21.7. The van der Waals surface area contributed by atoms with Gasteiger partial charge in [-0.05, 0) is 47.7 Å². The van der Waals surface area contributed by atoms with E-state index in [-0.39, 0.29) is 0 Å². The van der Waals surface area contributed by atoms with Crippen LogP contribution in [0.3, 0.4) is 0 Å². The van der Waals surface area contributed by atoms with Crippen molar-refractivity contribution in [1.29, 1.82) is 0 Å². The highest BCUT2D eigenvalue weighted by atomic mass is 35.5. The molecule has 0 bridgehead atoms. The highest BCUT2D eigenvalue weighted by Crippen LogP contribution is 2.30. The average Bonchev–Trinajstić information content (AvgIpc) is 3.07. The molecule has 0 amide bonds. The molecule has 1 aromatic heterocycles. The zero-order valence-corrected chi connectivity index (χ0v) is 19.7. The SMILES string of the molecule is C=CCn1c(COc2cc(C)ccc2C(C)C)nnc1SCc1ccc(Cl)cc1Cl. The van der Waals surface area contributed by atoms with Crippen LogP contribution in [0.2, 0.25) is 10.0 Å². The summed E-state index contributed by atoms with van der Waals surface area (Å²) >= 11 is 13.9. The molecule has 0 aliphatic carbocycles. The van der Waals surface area contributed by atoms with Gasteiger partial charge in [-0.25, -0.2) is 0 Å². The topological polar surface area (TPSA) is 39.9 Å². The van der Waals surface area contributed by atoms with Crippen LogP contribution in [0.4, 0.5) is 0 Å². The van der Waals surface area contributed by atoms with Crippen LogP contribution in [0.25, 0.3) is 0 Å². The minimum atomic E-state index is 0.340. The Bertz CT molecular complexity index is 1030. The first-order valence-corrected chi connectivity index (χ1v) is 11.5. The van der Waals surface area contributed by atoms with Crippen molar-refractivity contribution in [3.05, 3.63) is 81.6 Å². The lowest BCUT2D eigenvalue weighted by Crippen LogP contribution is -2.08. The summed E-state index contributed by atoms with van der Waals surface area (Å²) in [7, 11) is 0. The molecule has 0 spiro atoms. The quantitative estimate of drug-likeness (QED) is 0.252. The molecule has 2 aromatic carbocycles. The van der Waals surface area contributed by atoms with Crippen LogP contribution in [0, 0.1) is 6.92 Å². The summed E-state index contributed by atoms with van der Waals surface area (Å²) in [4.78, 5) is 0. The summed E-state index contributed by atoms with van der Waals surface area (Å²) in [6.45, 7) is 11.2. The van der Waals surface area contributed by atoms with Gasteiger partial charge in [0.15, 0.2) is 11.0 Å². The number of hydrogen-bond acceptors (Lipinski definition) is 4. The molecule has 0 fully saturated rings. The zero-order valence-electron chi connectivity index (χ0n) is 17.4.